The molecule has 4 nitrogen and oxygen atoms in total. The number of hydrogen-bond donors (Lipinski definition) is 1. The number of nitrogens with two attached hydrogens (primary N) is 1. The fourth-order valence-electron chi connectivity index (χ4n) is 2.31. The largest absolute Gasteiger partial charge is 0.312 e. The molecule has 1 aromatic carbocycles. The molecule has 0 spiro atoms. The third-order valence-electron chi connectivity index (χ3n) is 3.39. The number of benzene rings is 1. The molecule has 96 valence electrons. The van der Waals surface area contributed by atoms with E-state index in [2.05, 4.69) is 15.9 Å². The van der Waals surface area contributed by atoms with Crippen molar-refractivity contribution in [2.75, 3.05) is 5.75 Å². The minimum atomic E-state index is -3.31. The molecule has 1 aromatic rings. The van der Waals surface area contributed by atoms with Crippen molar-refractivity contribution >= 4 is 25.8 Å². The van der Waals surface area contributed by atoms with Crippen LogP contribution in [0.3, 0.4) is 0 Å². The SMILES string of the molecule is CCS(=O)(=O)[C@H]1[C@@H](c2ccc(Br)cc2)[C@@]1(N)C#N. The topological polar surface area (TPSA) is 83.9 Å². The highest BCUT2D eigenvalue weighted by molar-refractivity contribution is 9.10. The van der Waals surface area contributed by atoms with Gasteiger partial charge in [0.05, 0.1) is 6.07 Å². The van der Waals surface area contributed by atoms with E-state index in [1.165, 1.54) is 0 Å². The van der Waals surface area contributed by atoms with Crippen LogP contribution in [0.2, 0.25) is 0 Å². The van der Waals surface area contributed by atoms with Gasteiger partial charge in [-0.2, -0.15) is 5.26 Å². The average molecular weight is 329 g/mol. The van der Waals surface area contributed by atoms with Crippen molar-refractivity contribution in [1.82, 2.24) is 0 Å². The summed E-state index contributed by atoms with van der Waals surface area (Å²) in [5.74, 6) is -0.425. The number of rotatable bonds is 3. The van der Waals surface area contributed by atoms with E-state index in [-0.39, 0.29) is 5.75 Å². The first-order valence-electron chi connectivity index (χ1n) is 5.54. The van der Waals surface area contributed by atoms with E-state index in [0.29, 0.717) is 0 Å². The minimum absolute atomic E-state index is 0.00528. The second-order valence-electron chi connectivity index (χ2n) is 4.45. The van der Waals surface area contributed by atoms with Crippen LogP contribution in [0.4, 0.5) is 0 Å². The molecule has 0 saturated heterocycles. The molecule has 0 aliphatic heterocycles. The van der Waals surface area contributed by atoms with E-state index in [1.54, 1.807) is 19.1 Å². The van der Waals surface area contributed by atoms with Crippen molar-refractivity contribution in [3.05, 3.63) is 34.3 Å². The Bertz CT molecular complexity index is 606. The van der Waals surface area contributed by atoms with Crippen molar-refractivity contribution in [3.8, 4) is 6.07 Å². The van der Waals surface area contributed by atoms with Crippen molar-refractivity contribution in [2.24, 2.45) is 5.73 Å². The predicted octanol–water partition coefficient (Wildman–Crippen LogP) is 1.57. The summed E-state index contributed by atoms with van der Waals surface area (Å²) in [6.07, 6.45) is 0. The first-order valence-corrected chi connectivity index (χ1v) is 8.05. The third-order valence-corrected chi connectivity index (χ3v) is 6.16. The molecule has 1 aliphatic carbocycles. The Kier molecular flexibility index (Phi) is 3.26. The minimum Gasteiger partial charge on any atom is -0.312 e. The summed E-state index contributed by atoms with van der Waals surface area (Å²) in [6, 6.07) is 9.21. The number of hydrogen-bond acceptors (Lipinski definition) is 4. The lowest BCUT2D eigenvalue weighted by atomic mass is 10.1. The highest BCUT2D eigenvalue weighted by Crippen LogP contribution is 2.53. The van der Waals surface area contributed by atoms with Gasteiger partial charge >= 0.3 is 0 Å². The smallest absolute Gasteiger partial charge is 0.156 e. The molecule has 18 heavy (non-hydrogen) atoms. The van der Waals surface area contributed by atoms with Gasteiger partial charge in [0.25, 0.3) is 0 Å². The van der Waals surface area contributed by atoms with Gasteiger partial charge in [-0.05, 0) is 17.7 Å². The normalized spacial score (nSPS) is 30.8. The maximum absolute atomic E-state index is 11.9. The van der Waals surface area contributed by atoms with Gasteiger partial charge in [-0.1, -0.05) is 35.0 Å². The van der Waals surface area contributed by atoms with Crippen LogP contribution in [0.25, 0.3) is 0 Å². The van der Waals surface area contributed by atoms with Gasteiger partial charge in [-0.15, -0.1) is 0 Å². The molecule has 3 atom stereocenters. The van der Waals surface area contributed by atoms with Crippen molar-refractivity contribution in [1.29, 1.82) is 5.26 Å². The Labute approximate surface area is 115 Å². The maximum Gasteiger partial charge on any atom is 0.156 e. The number of nitriles is 1. The van der Waals surface area contributed by atoms with Crippen LogP contribution >= 0.6 is 15.9 Å². The summed E-state index contributed by atoms with van der Waals surface area (Å²) in [5, 5.41) is 8.34. The van der Waals surface area contributed by atoms with Crippen LogP contribution in [-0.4, -0.2) is 25.0 Å². The third kappa shape index (κ3) is 1.96. The Morgan fingerprint density at radius 2 is 2.00 bits per heavy atom. The Morgan fingerprint density at radius 1 is 1.44 bits per heavy atom. The number of nitrogens with zero attached hydrogens (tertiary/aromatic N) is 1. The fraction of sp³-hybridized carbons (Fsp3) is 0.417. The zero-order valence-corrected chi connectivity index (χ0v) is 12.2. The van der Waals surface area contributed by atoms with Gasteiger partial charge in [-0.3, -0.25) is 0 Å². The number of sulfone groups is 1. The van der Waals surface area contributed by atoms with Crippen molar-refractivity contribution in [3.63, 3.8) is 0 Å². The maximum atomic E-state index is 11.9. The zero-order valence-electron chi connectivity index (χ0n) is 9.80. The number of halogens is 1. The molecule has 2 N–H and O–H groups in total. The zero-order chi connectivity index (χ0) is 13.6. The lowest BCUT2D eigenvalue weighted by molar-refractivity contribution is 0.593. The van der Waals surface area contributed by atoms with Crippen molar-refractivity contribution < 1.29 is 8.42 Å². The van der Waals surface area contributed by atoms with E-state index >= 15 is 0 Å². The van der Waals surface area contributed by atoms with Crippen LogP contribution in [0.1, 0.15) is 18.4 Å². The lowest BCUT2D eigenvalue weighted by Crippen LogP contribution is -2.29. The van der Waals surface area contributed by atoms with Crippen LogP contribution in [0.15, 0.2) is 28.7 Å². The molecule has 0 amide bonds. The molecular formula is C12H13BrN2O2S. The Balaban J connectivity index is 2.41. The van der Waals surface area contributed by atoms with Gasteiger partial charge < -0.3 is 5.73 Å². The van der Waals surface area contributed by atoms with Crippen LogP contribution in [-0.2, 0) is 9.84 Å². The van der Waals surface area contributed by atoms with E-state index in [9.17, 15) is 8.42 Å². The van der Waals surface area contributed by atoms with Crippen LogP contribution in [0.5, 0.6) is 0 Å². The van der Waals surface area contributed by atoms with Gasteiger partial charge in [0.2, 0.25) is 0 Å². The van der Waals surface area contributed by atoms with Crippen molar-refractivity contribution in [2.45, 2.75) is 23.6 Å². The van der Waals surface area contributed by atoms with E-state index < -0.39 is 26.5 Å². The molecule has 0 aromatic heterocycles. The molecule has 0 heterocycles. The molecule has 1 saturated carbocycles. The summed E-state index contributed by atoms with van der Waals surface area (Å²) in [6.45, 7) is 1.57. The molecule has 2 rings (SSSR count). The summed E-state index contributed by atoms with van der Waals surface area (Å²) in [7, 11) is -3.31. The van der Waals surface area contributed by atoms with Gasteiger partial charge in [0.15, 0.2) is 9.84 Å². The second kappa shape index (κ2) is 4.34. The van der Waals surface area contributed by atoms with E-state index in [1.807, 2.05) is 18.2 Å². The van der Waals surface area contributed by atoms with E-state index in [4.69, 9.17) is 11.0 Å². The molecule has 0 bridgehead atoms. The van der Waals surface area contributed by atoms with Gasteiger partial charge in [-0.25, -0.2) is 8.42 Å². The molecule has 0 unspecified atom stereocenters. The Morgan fingerprint density at radius 3 is 2.44 bits per heavy atom. The van der Waals surface area contributed by atoms with Gasteiger partial charge in [0.1, 0.15) is 10.8 Å². The molecule has 6 heteroatoms. The monoisotopic (exact) mass is 328 g/mol. The predicted molar refractivity (Wildman–Crippen MR) is 72.7 cm³/mol. The summed E-state index contributed by atoms with van der Waals surface area (Å²) in [5.41, 5.74) is 5.42. The fourth-order valence-corrected chi connectivity index (χ4v) is 4.45. The first kappa shape index (κ1) is 13.5. The molecule has 0 radical (unpaired) electrons. The van der Waals surface area contributed by atoms with Crippen LogP contribution in [0, 0.1) is 11.3 Å². The summed E-state index contributed by atoms with van der Waals surface area (Å²) in [4.78, 5) is 0. The molecular weight excluding hydrogens is 316 g/mol. The molecule has 1 fully saturated rings. The summed E-state index contributed by atoms with van der Waals surface area (Å²) < 4.78 is 24.8. The van der Waals surface area contributed by atoms with Crippen LogP contribution < -0.4 is 5.73 Å². The van der Waals surface area contributed by atoms with E-state index in [0.717, 1.165) is 10.0 Å². The first-order chi connectivity index (χ1) is 8.36. The standard InChI is InChI=1S/C12H13BrN2O2S/c1-2-18(16,17)11-10(12(11,15)7-14)8-3-5-9(13)6-4-8/h3-6,10-11H,2,15H2,1H3/t10-,11+,12+/m1/s1. The average Bonchev–Trinajstić information content (AvgIpc) is 2.98. The highest BCUT2D eigenvalue weighted by Gasteiger charge is 2.69. The second-order valence-corrected chi connectivity index (χ2v) is 7.77. The Hall–Kier alpha value is -0.900. The van der Waals surface area contributed by atoms with Gasteiger partial charge in [0, 0.05) is 16.1 Å². The quantitative estimate of drug-likeness (QED) is 0.912. The highest BCUT2D eigenvalue weighted by atomic mass is 79.9. The lowest BCUT2D eigenvalue weighted by Gasteiger charge is -2.00. The summed E-state index contributed by atoms with van der Waals surface area (Å²) >= 11 is 3.31. The molecule has 1 aliphatic rings.